The van der Waals surface area contributed by atoms with Crippen LogP contribution in [0.2, 0.25) is 0 Å². The predicted octanol–water partition coefficient (Wildman–Crippen LogP) is 1.70. The van der Waals surface area contributed by atoms with Gasteiger partial charge in [-0.3, -0.25) is 0 Å². The first-order valence-electron chi connectivity index (χ1n) is 3.69. The SMILES string of the molecule is C=CC(=O)OP(=O)(O)CCCC. The average Bonchev–Trinajstić information content (AvgIpc) is 2.00. The molecule has 0 aliphatic heterocycles. The molecule has 1 atom stereocenters. The van der Waals surface area contributed by atoms with Crippen molar-refractivity contribution in [1.82, 2.24) is 0 Å². The van der Waals surface area contributed by atoms with E-state index in [1.165, 1.54) is 0 Å². The zero-order valence-electron chi connectivity index (χ0n) is 7.02. The van der Waals surface area contributed by atoms with E-state index in [4.69, 9.17) is 4.89 Å². The highest BCUT2D eigenvalue weighted by molar-refractivity contribution is 7.53. The maximum atomic E-state index is 11.0. The fourth-order valence-electron chi connectivity index (χ4n) is 0.581. The van der Waals surface area contributed by atoms with Crippen molar-refractivity contribution in [2.24, 2.45) is 0 Å². The molecule has 4 nitrogen and oxygen atoms in total. The van der Waals surface area contributed by atoms with Crippen molar-refractivity contribution in [3.05, 3.63) is 12.7 Å². The molecule has 0 saturated carbocycles. The highest BCUT2D eigenvalue weighted by Crippen LogP contribution is 2.42. The van der Waals surface area contributed by atoms with Gasteiger partial charge >= 0.3 is 13.6 Å². The van der Waals surface area contributed by atoms with E-state index in [9.17, 15) is 9.36 Å². The lowest BCUT2D eigenvalue weighted by Crippen LogP contribution is -2.00. The second kappa shape index (κ2) is 5.12. The standard InChI is InChI=1S/C7H13O4P/c1-3-5-6-12(9,10)11-7(8)4-2/h4H,2-3,5-6H2,1H3,(H,9,10). The molecule has 0 bridgehead atoms. The van der Waals surface area contributed by atoms with Crippen LogP contribution in [-0.4, -0.2) is 17.0 Å². The number of hydrogen-bond donors (Lipinski definition) is 1. The van der Waals surface area contributed by atoms with Gasteiger partial charge in [0.1, 0.15) is 0 Å². The fraction of sp³-hybridized carbons (Fsp3) is 0.571. The Hall–Kier alpha value is -0.600. The summed E-state index contributed by atoms with van der Waals surface area (Å²) in [5.74, 6) is -0.850. The van der Waals surface area contributed by atoms with Gasteiger partial charge in [-0.1, -0.05) is 19.9 Å². The van der Waals surface area contributed by atoms with Gasteiger partial charge in [-0.25, -0.2) is 9.36 Å². The lowest BCUT2D eigenvalue weighted by atomic mass is 10.4. The van der Waals surface area contributed by atoms with Gasteiger partial charge in [0.15, 0.2) is 0 Å². The molecule has 70 valence electrons. The lowest BCUT2D eigenvalue weighted by molar-refractivity contribution is -0.129. The van der Waals surface area contributed by atoms with Crippen molar-refractivity contribution in [3.8, 4) is 0 Å². The van der Waals surface area contributed by atoms with E-state index in [2.05, 4.69) is 11.1 Å². The number of rotatable bonds is 5. The van der Waals surface area contributed by atoms with Crippen LogP contribution in [-0.2, 0) is 13.9 Å². The van der Waals surface area contributed by atoms with Crippen LogP contribution in [0.25, 0.3) is 0 Å². The molecule has 0 amide bonds. The predicted molar refractivity (Wildman–Crippen MR) is 45.9 cm³/mol. The Labute approximate surface area is 71.8 Å². The molecule has 1 N–H and O–H groups in total. The van der Waals surface area contributed by atoms with E-state index in [1.807, 2.05) is 6.92 Å². The molecule has 0 aromatic heterocycles. The zero-order chi connectivity index (χ0) is 9.61. The summed E-state index contributed by atoms with van der Waals surface area (Å²) < 4.78 is 15.2. The van der Waals surface area contributed by atoms with Crippen LogP contribution in [0.15, 0.2) is 12.7 Å². The van der Waals surface area contributed by atoms with Gasteiger partial charge in [-0.15, -0.1) is 0 Å². The van der Waals surface area contributed by atoms with E-state index in [0.29, 0.717) is 6.42 Å². The number of carbonyl (C=O) groups is 1. The molecule has 0 spiro atoms. The molecule has 1 unspecified atom stereocenters. The topological polar surface area (TPSA) is 63.6 Å². The van der Waals surface area contributed by atoms with Gasteiger partial charge < -0.3 is 9.42 Å². The van der Waals surface area contributed by atoms with Crippen LogP contribution >= 0.6 is 7.60 Å². The van der Waals surface area contributed by atoms with Gasteiger partial charge in [0.25, 0.3) is 0 Å². The van der Waals surface area contributed by atoms with Crippen LogP contribution in [0.5, 0.6) is 0 Å². The summed E-state index contributed by atoms with van der Waals surface area (Å²) in [6.07, 6.45) is 2.24. The minimum atomic E-state index is -3.70. The van der Waals surface area contributed by atoms with Crippen molar-refractivity contribution in [3.63, 3.8) is 0 Å². The molecular weight excluding hydrogens is 179 g/mol. The van der Waals surface area contributed by atoms with Gasteiger partial charge in [0.2, 0.25) is 0 Å². The minimum absolute atomic E-state index is 0.0169. The molecule has 0 radical (unpaired) electrons. The second-order valence-corrected chi connectivity index (χ2v) is 4.23. The Morgan fingerprint density at radius 3 is 2.75 bits per heavy atom. The van der Waals surface area contributed by atoms with E-state index >= 15 is 0 Å². The van der Waals surface area contributed by atoms with E-state index in [0.717, 1.165) is 12.5 Å². The monoisotopic (exact) mass is 192 g/mol. The third-order valence-corrected chi connectivity index (χ3v) is 2.54. The maximum Gasteiger partial charge on any atom is 0.378 e. The van der Waals surface area contributed by atoms with E-state index in [1.54, 1.807) is 0 Å². The Morgan fingerprint density at radius 2 is 2.33 bits per heavy atom. The smallest absolute Gasteiger partial charge is 0.378 e. The molecule has 0 aromatic carbocycles. The van der Waals surface area contributed by atoms with Crippen molar-refractivity contribution < 1.29 is 18.8 Å². The molecule has 0 aliphatic rings. The fourth-order valence-corrected chi connectivity index (χ4v) is 1.74. The first-order valence-corrected chi connectivity index (χ1v) is 5.46. The summed E-state index contributed by atoms with van der Waals surface area (Å²) >= 11 is 0. The number of hydrogen-bond acceptors (Lipinski definition) is 3. The van der Waals surface area contributed by atoms with Gasteiger partial charge in [-0.05, 0) is 6.42 Å². The normalized spacial score (nSPS) is 14.8. The van der Waals surface area contributed by atoms with Crippen molar-refractivity contribution in [2.75, 3.05) is 6.16 Å². The molecule has 0 heterocycles. The highest BCUT2D eigenvalue weighted by atomic mass is 31.2. The summed E-state index contributed by atoms with van der Waals surface area (Å²) in [5, 5.41) is 0. The Morgan fingerprint density at radius 1 is 1.75 bits per heavy atom. The van der Waals surface area contributed by atoms with E-state index in [-0.39, 0.29) is 6.16 Å². The van der Waals surface area contributed by atoms with Crippen LogP contribution in [0.3, 0.4) is 0 Å². The van der Waals surface area contributed by atoms with Crippen molar-refractivity contribution in [2.45, 2.75) is 19.8 Å². The maximum absolute atomic E-state index is 11.0. The van der Waals surface area contributed by atoms with Gasteiger partial charge in [0, 0.05) is 6.08 Å². The molecular formula is C7H13O4P. The first kappa shape index (κ1) is 11.4. The van der Waals surface area contributed by atoms with Crippen LogP contribution in [0.4, 0.5) is 0 Å². The summed E-state index contributed by atoms with van der Waals surface area (Å²) in [6.45, 7) is 5.00. The molecule has 0 aliphatic carbocycles. The Balaban J connectivity index is 3.95. The zero-order valence-corrected chi connectivity index (χ0v) is 7.92. The number of carbonyl (C=O) groups excluding carboxylic acids is 1. The first-order chi connectivity index (χ1) is 5.52. The second-order valence-electron chi connectivity index (χ2n) is 2.33. The van der Waals surface area contributed by atoms with E-state index < -0.39 is 13.6 Å². The van der Waals surface area contributed by atoms with Crippen LogP contribution in [0.1, 0.15) is 19.8 Å². The molecule has 5 heteroatoms. The number of unbranched alkanes of at least 4 members (excludes halogenated alkanes) is 1. The summed E-state index contributed by atoms with van der Waals surface area (Å²) in [7, 11) is -3.70. The Bertz CT molecular complexity index is 211. The van der Waals surface area contributed by atoms with Crippen molar-refractivity contribution in [1.29, 1.82) is 0 Å². The largest absolute Gasteiger partial charge is 0.388 e. The average molecular weight is 192 g/mol. The Kier molecular flexibility index (Phi) is 4.86. The summed E-state index contributed by atoms with van der Waals surface area (Å²) in [4.78, 5) is 19.5. The van der Waals surface area contributed by atoms with Crippen LogP contribution < -0.4 is 0 Å². The van der Waals surface area contributed by atoms with Gasteiger partial charge in [-0.2, -0.15) is 0 Å². The van der Waals surface area contributed by atoms with Gasteiger partial charge in [0.05, 0.1) is 6.16 Å². The summed E-state index contributed by atoms with van der Waals surface area (Å²) in [6, 6.07) is 0. The van der Waals surface area contributed by atoms with Crippen molar-refractivity contribution >= 4 is 13.6 Å². The third-order valence-electron chi connectivity index (χ3n) is 1.19. The lowest BCUT2D eigenvalue weighted by Gasteiger charge is -2.08. The summed E-state index contributed by atoms with van der Waals surface area (Å²) in [5.41, 5.74) is 0. The molecule has 12 heavy (non-hydrogen) atoms. The molecule has 0 saturated heterocycles. The minimum Gasteiger partial charge on any atom is -0.388 e. The highest BCUT2D eigenvalue weighted by Gasteiger charge is 2.21. The third kappa shape index (κ3) is 5.10. The molecule has 0 fully saturated rings. The quantitative estimate of drug-likeness (QED) is 0.531. The molecule has 0 aromatic rings. The van der Waals surface area contributed by atoms with Crippen LogP contribution in [0, 0.1) is 0 Å². The molecule has 0 rings (SSSR count).